The number of carbonyl (C=O) groups excluding carboxylic acids is 1. The summed E-state index contributed by atoms with van der Waals surface area (Å²) < 4.78 is 0. The minimum Gasteiger partial charge on any atom is -0.340 e. The van der Waals surface area contributed by atoms with Crippen LogP contribution in [0.4, 0.5) is 0 Å². The standard InChI is InChI=1S/C14H25N3O/c1-5-12(2)10-13(18)16-6-8-17(9-7-16)14(3,4)11-15/h12H,5-10H2,1-4H3. The molecule has 1 aliphatic heterocycles. The van der Waals surface area contributed by atoms with Crippen molar-refractivity contribution in [3.05, 3.63) is 0 Å². The molecule has 1 atom stereocenters. The molecule has 1 fully saturated rings. The molecular weight excluding hydrogens is 226 g/mol. The van der Waals surface area contributed by atoms with Crippen molar-refractivity contribution in [2.45, 2.75) is 46.1 Å². The molecule has 1 aliphatic rings. The van der Waals surface area contributed by atoms with E-state index in [-0.39, 0.29) is 5.91 Å². The van der Waals surface area contributed by atoms with E-state index in [0.717, 1.165) is 32.6 Å². The van der Waals surface area contributed by atoms with E-state index in [2.05, 4.69) is 24.8 Å². The zero-order valence-corrected chi connectivity index (χ0v) is 12.1. The van der Waals surface area contributed by atoms with Gasteiger partial charge in [0.2, 0.25) is 5.91 Å². The zero-order valence-electron chi connectivity index (χ0n) is 12.1. The number of hydrogen-bond donors (Lipinski definition) is 0. The number of nitrogens with zero attached hydrogens (tertiary/aromatic N) is 3. The van der Waals surface area contributed by atoms with Gasteiger partial charge in [-0.05, 0) is 19.8 Å². The molecule has 0 spiro atoms. The van der Waals surface area contributed by atoms with Crippen molar-refractivity contribution in [2.75, 3.05) is 26.2 Å². The summed E-state index contributed by atoms with van der Waals surface area (Å²) in [7, 11) is 0. The largest absolute Gasteiger partial charge is 0.340 e. The third kappa shape index (κ3) is 3.71. The number of amides is 1. The Kier molecular flexibility index (Phi) is 5.15. The molecule has 4 nitrogen and oxygen atoms in total. The Morgan fingerprint density at radius 2 is 1.89 bits per heavy atom. The summed E-state index contributed by atoms with van der Waals surface area (Å²) in [6.45, 7) is 11.2. The fraction of sp³-hybridized carbons (Fsp3) is 0.857. The number of carbonyl (C=O) groups is 1. The molecule has 0 radical (unpaired) electrons. The van der Waals surface area contributed by atoms with Gasteiger partial charge >= 0.3 is 0 Å². The van der Waals surface area contributed by atoms with Crippen molar-refractivity contribution in [2.24, 2.45) is 5.92 Å². The van der Waals surface area contributed by atoms with Gasteiger partial charge in [0.25, 0.3) is 0 Å². The third-order valence-electron chi connectivity index (χ3n) is 3.92. The molecule has 18 heavy (non-hydrogen) atoms. The first-order chi connectivity index (χ1) is 8.40. The summed E-state index contributed by atoms with van der Waals surface area (Å²) in [6, 6.07) is 2.32. The monoisotopic (exact) mass is 251 g/mol. The van der Waals surface area contributed by atoms with Crippen LogP contribution in [0.5, 0.6) is 0 Å². The predicted octanol–water partition coefficient (Wildman–Crippen LogP) is 1.87. The maximum Gasteiger partial charge on any atom is 0.222 e. The van der Waals surface area contributed by atoms with E-state index in [1.54, 1.807) is 0 Å². The van der Waals surface area contributed by atoms with Crippen LogP contribution in [0.1, 0.15) is 40.5 Å². The molecule has 1 amide bonds. The first-order valence-corrected chi connectivity index (χ1v) is 6.84. The highest BCUT2D eigenvalue weighted by Gasteiger charge is 2.31. The topological polar surface area (TPSA) is 47.3 Å². The highest BCUT2D eigenvalue weighted by atomic mass is 16.2. The van der Waals surface area contributed by atoms with Gasteiger partial charge in [-0.15, -0.1) is 0 Å². The SMILES string of the molecule is CCC(C)CC(=O)N1CCN(C(C)(C)C#N)CC1. The van der Waals surface area contributed by atoms with Crippen LogP contribution in [0.3, 0.4) is 0 Å². The highest BCUT2D eigenvalue weighted by molar-refractivity contribution is 5.76. The average molecular weight is 251 g/mol. The number of rotatable bonds is 4. The second-order valence-electron chi connectivity index (χ2n) is 5.76. The van der Waals surface area contributed by atoms with Gasteiger partial charge in [0.1, 0.15) is 5.54 Å². The van der Waals surface area contributed by atoms with E-state index in [4.69, 9.17) is 5.26 Å². The van der Waals surface area contributed by atoms with Crippen LogP contribution in [0.15, 0.2) is 0 Å². The number of piperazine rings is 1. The summed E-state index contributed by atoms with van der Waals surface area (Å²) in [5.41, 5.74) is -0.425. The fourth-order valence-electron chi connectivity index (χ4n) is 2.16. The minimum atomic E-state index is -0.425. The molecule has 0 bridgehead atoms. The van der Waals surface area contributed by atoms with E-state index in [0.29, 0.717) is 12.3 Å². The van der Waals surface area contributed by atoms with E-state index < -0.39 is 5.54 Å². The van der Waals surface area contributed by atoms with Gasteiger partial charge in [-0.25, -0.2) is 0 Å². The lowest BCUT2D eigenvalue weighted by molar-refractivity contribution is -0.134. The molecule has 1 heterocycles. The molecule has 0 aromatic rings. The van der Waals surface area contributed by atoms with Gasteiger partial charge in [-0.1, -0.05) is 20.3 Å². The van der Waals surface area contributed by atoms with Crippen LogP contribution < -0.4 is 0 Å². The Balaban J connectivity index is 2.45. The van der Waals surface area contributed by atoms with Crippen molar-refractivity contribution >= 4 is 5.91 Å². The summed E-state index contributed by atoms with van der Waals surface area (Å²) in [5, 5.41) is 9.10. The Bertz CT molecular complexity index is 324. The van der Waals surface area contributed by atoms with Crippen LogP contribution in [0.25, 0.3) is 0 Å². The second-order valence-corrected chi connectivity index (χ2v) is 5.76. The first kappa shape index (κ1) is 15.0. The molecule has 1 saturated heterocycles. The quantitative estimate of drug-likeness (QED) is 0.766. The van der Waals surface area contributed by atoms with Crippen molar-refractivity contribution in [3.8, 4) is 6.07 Å². The Morgan fingerprint density at radius 3 is 2.33 bits per heavy atom. The van der Waals surface area contributed by atoms with Crippen LogP contribution >= 0.6 is 0 Å². The predicted molar refractivity (Wildman–Crippen MR) is 71.9 cm³/mol. The summed E-state index contributed by atoms with van der Waals surface area (Å²) in [4.78, 5) is 16.1. The number of nitriles is 1. The Hall–Kier alpha value is -1.08. The summed E-state index contributed by atoms with van der Waals surface area (Å²) in [5.74, 6) is 0.727. The molecular formula is C14H25N3O. The van der Waals surface area contributed by atoms with E-state index >= 15 is 0 Å². The van der Waals surface area contributed by atoms with Crippen molar-refractivity contribution < 1.29 is 4.79 Å². The van der Waals surface area contributed by atoms with Gasteiger partial charge in [-0.3, -0.25) is 9.69 Å². The lowest BCUT2D eigenvalue weighted by atomic mass is 10.0. The van der Waals surface area contributed by atoms with E-state index in [9.17, 15) is 4.79 Å². The smallest absolute Gasteiger partial charge is 0.222 e. The van der Waals surface area contributed by atoms with E-state index in [1.807, 2.05) is 18.7 Å². The maximum atomic E-state index is 12.0. The van der Waals surface area contributed by atoms with Gasteiger partial charge in [0.15, 0.2) is 0 Å². The maximum absolute atomic E-state index is 12.0. The summed E-state index contributed by atoms with van der Waals surface area (Å²) >= 11 is 0. The van der Waals surface area contributed by atoms with Crippen LogP contribution in [0.2, 0.25) is 0 Å². The fourth-order valence-corrected chi connectivity index (χ4v) is 2.16. The highest BCUT2D eigenvalue weighted by Crippen LogP contribution is 2.17. The molecule has 0 aliphatic carbocycles. The number of hydrogen-bond acceptors (Lipinski definition) is 3. The van der Waals surface area contributed by atoms with Crippen molar-refractivity contribution in [1.29, 1.82) is 5.26 Å². The van der Waals surface area contributed by atoms with Gasteiger partial charge in [0, 0.05) is 32.6 Å². The molecule has 102 valence electrons. The zero-order chi connectivity index (χ0) is 13.8. The second kappa shape index (κ2) is 6.19. The van der Waals surface area contributed by atoms with Gasteiger partial charge < -0.3 is 4.90 Å². The van der Waals surface area contributed by atoms with Crippen LogP contribution in [-0.2, 0) is 4.79 Å². The average Bonchev–Trinajstić information content (AvgIpc) is 2.38. The lowest BCUT2D eigenvalue weighted by Crippen LogP contribution is -2.55. The summed E-state index contributed by atoms with van der Waals surface area (Å²) in [6.07, 6.45) is 1.70. The van der Waals surface area contributed by atoms with Gasteiger partial charge in [-0.2, -0.15) is 5.26 Å². The molecule has 1 unspecified atom stereocenters. The van der Waals surface area contributed by atoms with Gasteiger partial charge in [0.05, 0.1) is 6.07 Å². The lowest BCUT2D eigenvalue weighted by Gasteiger charge is -2.40. The van der Waals surface area contributed by atoms with Crippen molar-refractivity contribution in [3.63, 3.8) is 0 Å². The van der Waals surface area contributed by atoms with E-state index in [1.165, 1.54) is 0 Å². The molecule has 0 saturated carbocycles. The Morgan fingerprint density at radius 1 is 1.33 bits per heavy atom. The molecule has 0 N–H and O–H groups in total. The minimum absolute atomic E-state index is 0.263. The first-order valence-electron chi connectivity index (χ1n) is 6.84. The normalized spacial score (nSPS) is 19.4. The third-order valence-corrected chi connectivity index (χ3v) is 3.92. The van der Waals surface area contributed by atoms with Crippen molar-refractivity contribution in [1.82, 2.24) is 9.80 Å². The molecule has 1 rings (SSSR count). The molecule has 4 heteroatoms. The molecule has 0 aromatic carbocycles. The van der Waals surface area contributed by atoms with Crippen LogP contribution in [-0.4, -0.2) is 47.4 Å². The molecule has 0 aromatic heterocycles. The Labute approximate surface area is 111 Å². The van der Waals surface area contributed by atoms with Crippen LogP contribution in [0, 0.1) is 17.2 Å².